The number of amides is 1. The van der Waals surface area contributed by atoms with E-state index < -0.39 is 0 Å². The Bertz CT molecular complexity index is 923. The summed E-state index contributed by atoms with van der Waals surface area (Å²) < 4.78 is 0. The predicted molar refractivity (Wildman–Crippen MR) is 105 cm³/mol. The number of carbonyl (C=O) groups excluding carboxylic acids is 1. The molecule has 0 fully saturated rings. The van der Waals surface area contributed by atoms with Gasteiger partial charge in [0.25, 0.3) is 5.91 Å². The van der Waals surface area contributed by atoms with E-state index in [0.29, 0.717) is 18.2 Å². The number of hydrogen-bond donors (Lipinski definition) is 1. The highest BCUT2D eigenvalue weighted by molar-refractivity contribution is 6.04. The van der Waals surface area contributed by atoms with E-state index in [1.165, 1.54) is 0 Å². The standard InChI is InChI=1S/C21H22N4O/c1-4-25(17-10-7-8-15(2)14-17)20(26)19-12-13-22-21(24-19)23-18-11-6-5-9-16(18)3/h5-14H,4H2,1-3H3,(H,22,23,24). The number of para-hydroxylation sites is 1. The Morgan fingerprint density at radius 1 is 1.08 bits per heavy atom. The van der Waals surface area contributed by atoms with Crippen LogP contribution in [0.25, 0.3) is 0 Å². The summed E-state index contributed by atoms with van der Waals surface area (Å²) >= 11 is 0. The molecule has 3 aromatic rings. The molecule has 0 bridgehead atoms. The second-order valence-electron chi connectivity index (χ2n) is 6.09. The van der Waals surface area contributed by atoms with Crippen LogP contribution in [0.15, 0.2) is 60.8 Å². The first-order valence-electron chi connectivity index (χ1n) is 8.62. The minimum atomic E-state index is -0.145. The lowest BCUT2D eigenvalue weighted by Gasteiger charge is -2.21. The molecule has 5 nitrogen and oxygen atoms in total. The number of hydrogen-bond acceptors (Lipinski definition) is 4. The summed E-state index contributed by atoms with van der Waals surface area (Å²) in [6.07, 6.45) is 1.60. The zero-order chi connectivity index (χ0) is 18.5. The van der Waals surface area contributed by atoms with Gasteiger partial charge in [-0.05, 0) is 56.2 Å². The van der Waals surface area contributed by atoms with Gasteiger partial charge in [-0.2, -0.15) is 0 Å². The first-order chi connectivity index (χ1) is 12.6. The van der Waals surface area contributed by atoms with Crippen LogP contribution in [0, 0.1) is 13.8 Å². The highest BCUT2D eigenvalue weighted by atomic mass is 16.2. The Morgan fingerprint density at radius 2 is 1.88 bits per heavy atom. The molecule has 1 heterocycles. The van der Waals surface area contributed by atoms with Crippen LogP contribution < -0.4 is 10.2 Å². The summed E-state index contributed by atoms with van der Waals surface area (Å²) in [5, 5.41) is 3.18. The van der Waals surface area contributed by atoms with Crippen molar-refractivity contribution in [3.8, 4) is 0 Å². The number of aryl methyl sites for hydroxylation is 2. The Kier molecular flexibility index (Phi) is 5.27. The third-order valence-electron chi connectivity index (χ3n) is 4.14. The minimum Gasteiger partial charge on any atom is -0.324 e. The fraction of sp³-hybridized carbons (Fsp3) is 0.190. The Labute approximate surface area is 153 Å². The average Bonchev–Trinajstić information content (AvgIpc) is 2.64. The molecule has 0 unspecified atom stereocenters. The SMILES string of the molecule is CCN(C(=O)c1ccnc(Nc2ccccc2C)n1)c1cccc(C)c1. The molecule has 0 aliphatic carbocycles. The Morgan fingerprint density at radius 3 is 2.62 bits per heavy atom. The smallest absolute Gasteiger partial charge is 0.277 e. The first-order valence-corrected chi connectivity index (χ1v) is 8.62. The van der Waals surface area contributed by atoms with Gasteiger partial charge in [-0.1, -0.05) is 30.3 Å². The zero-order valence-electron chi connectivity index (χ0n) is 15.2. The molecule has 3 rings (SSSR count). The van der Waals surface area contributed by atoms with E-state index in [1.807, 2.05) is 69.3 Å². The molecule has 0 aliphatic rings. The molecule has 1 N–H and O–H groups in total. The number of carbonyl (C=O) groups is 1. The number of rotatable bonds is 5. The second-order valence-corrected chi connectivity index (χ2v) is 6.09. The molecule has 0 atom stereocenters. The van der Waals surface area contributed by atoms with Crippen molar-refractivity contribution in [1.82, 2.24) is 9.97 Å². The van der Waals surface area contributed by atoms with E-state index in [0.717, 1.165) is 22.5 Å². The van der Waals surface area contributed by atoms with Gasteiger partial charge in [0.1, 0.15) is 5.69 Å². The zero-order valence-corrected chi connectivity index (χ0v) is 15.2. The summed E-state index contributed by atoms with van der Waals surface area (Å²) in [5.41, 5.74) is 4.34. The maximum absolute atomic E-state index is 13.0. The molecule has 1 aromatic heterocycles. The van der Waals surface area contributed by atoms with Crippen LogP contribution >= 0.6 is 0 Å². The van der Waals surface area contributed by atoms with Crippen LogP contribution in [0.3, 0.4) is 0 Å². The molecule has 5 heteroatoms. The van der Waals surface area contributed by atoms with E-state index in [2.05, 4.69) is 15.3 Å². The van der Waals surface area contributed by atoms with Gasteiger partial charge in [0.05, 0.1) is 0 Å². The van der Waals surface area contributed by atoms with Gasteiger partial charge in [0.15, 0.2) is 0 Å². The van der Waals surface area contributed by atoms with Gasteiger partial charge in [0, 0.05) is 24.1 Å². The summed E-state index contributed by atoms with van der Waals surface area (Å²) in [6.45, 7) is 6.53. The highest BCUT2D eigenvalue weighted by Crippen LogP contribution is 2.20. The number of benzene rings is 2. The molecule has 0 spiro atoms. The van der Waals surface area contributed by atoms with Crippen LogP contribution in [0.4, 0.5) is 17.3 Å². The number of nitrogens with zero attached hydrogens (tertiary/aromatic N) is 3. The van der Waals surface area contributed by atoms with E-state index in [9.17, 15) is 4.79 Å². The molecular formula is C21H22N4O. The molecule has 0 aliphatic heterocycles. The third-order valence-corrected chi connectivity index (χ3v) is 4.14. The van der Waals surface area contributed by atoms with Crippen molar-refractivity contribution in [2.24, 2.45) is 0 Å². The number of aromatic nitrogens is 2. The van der Waals surface area contributed by atoms with Crippen molar-refractivity contribution in [3.63, 3.8) is 0 Å². The van der Waals surface area contributed by atoms with Gasteiger partial charge in [-0.25, -0.2) is 9.97 Å². The molecule has 2 aromatic carbocycles. The lowest BCUT2D eigenvalue weighted by Crippen LogP contribution is -2.31. The van der Waals surface area contributed by atoms with E-state index in [-0.39, 0.29) is 5.91 Å². The van der Waals surface area contributed by atoms with E-state index >= 15 is 0 Å². The van der Waals surface area contributed by atoms with Crippen LogP contribution in [0.2, 0.25) is 0 Å². The molecule has 0 saturated carbocycles. The first kappa shape index (κ1) is 17.6. The number of nitrogens with one attached hydrogen (secondary N) is 1. The van der Waals surface area contributed by atoms with Crippen LogP contribution in [0.1, 0.15) is 28.5 Å². The number of anilines is 3. The van der Waals surface area contributed by atoms with Crippen LogP contribution in [-0.2, 0) is 0 Å². The average molecular weight is 346 g/mol. The fourth-order valence-corrected chi connectivity index (χ4v) is 2.75. The highest BCUT2D eigenvalue weighted by Gasteiger charge is 2.18. The normalized spacial score (nSPS) is 10.4. The summed E-state index contributed by atoms with van der Waals surface area (Å²) in [4.78, 5) is 23.3. The molecule has 132 valence electrons. The van der Waals surface area contributed by atoms with Gasteiger partial charge in [0.2, 0.25) is 5.95 Å². The van der Waals surface area contributed by atoms with Crippen molar-refractivity contribution < 1.29 is 4.79 Å². The Balaban J connectivity index is 1.86. The van der Waals surface area contributed by atoms with Crippen LogP contribution in [-0.4, -0.2) is 22.4 Å². The minimum absolute atomic E-state index is 0.145. The topological polar surface area (TPSA) is 58.1 Å². The van der Waals surface area contributed by atoms with Crippen molar-refractivity contribution in [2.75, 3.05) is 16.8 Å². The quantitative estimate of drug-likeness (QED) is 0.739. The molecule has 0 saturated heterocycles. The summed E-state index contributed by atoms with van der Waals surface area (Å²) in [5.74, 6) is 0.263. The monoisotopic (exact) mass is 346 g/mol. The van der Waals surface area contributed by atoms with E-state index in [4.69, 9.17) is 0 Å². The summed E-state index contributed by atoms with van der Waals surface area (Å²) in [6, 6.07) is 17.4. The maximum atomic E-state index is 13.0. The van der Waals surface area contributed by atoms with Gasteiger partial charge >= 0.3 is 0 Å². The molecule has 1 amide bonds. The van der Waals surface area contributed by atoms with Crippen molar-refractivity contribution in [1.29, 1.82) is 0 Å². The lowest BCUT2D eigenvalue weighted by molar-refractivity contribution is 0.0983. The maximum Gasteiger partial charge on any atom is 0.277 e. The third kappa shape index (κ3) is 3.88. The van der Waals surface area contributed by atoms with Crippen molar-refractivity contribution in [2.45, 2.75) is 20.8 Å². The lowest BCUT2D eigenvalue weighted by atomic mass is 10.2. The van der Waals surface area contributed by atoms with Crippen molar-refractivity contribution >= 4 is 23.2 Å². The van der Waals surface area contributed by atoms with Gasteiger partial charge in [-0.3, -0.25) is 4.79 Å². The second kappa shape index (κ2) is 7.78. The van der Waals surface area contributed by atoms with Gasteiger partial charge in [-0.15, -0.1) is 0 Å². The molecule has 26 heavy (non-hydrogen) atoms. The molecular weight excluding hydrogens is 324 g/mol. The van der Waals surface area contributed by atoms with Crippen molar-refractivity contribution in [3.05, 3.63) is 77.6 Å². The van der Waals surface area contributed by atoms with Crippen LogP contribution in [0.5, 0.6) is 0 Å². The molecule has 0 radical (unpaired) electrons. The predicted octanol–water partition coefficient (Wildman–Crippen LogP) is 4.50. The fourth-order valence-electron chi connectivity index (χ4n) is 2.75. The summed E-state index contributed by atoms with van der Waals surface area (Å²) in [7, 11) is 0. The van der Waals surface area contributed by atoms with Gasteiger partial charge < -0.3 is 10.2 Å². The largest absolute Gasteiger partial charge is 0.324 e. The van der Waals surface area contributed by atoms with E-state index in [1.54, 1.807) is 17.2 Å². The Hall–Kier alpha value is -3.21.